The molecule has 0 spiro atoms. The van der Waals surface area contributed by atoms with E-state index in [4.69, 9.17) is 10.00 Å². The maximum Gasteiger partial charge on any atom is 0.222 e. The van der Waals surface area contributed by atoms with Gasteiger partial charge in [0.05, 0.1) is 18.1 Å². The molecule has 0 aliphatic carbocycles. The second kappa shape index (κ2) is 9.01. The van der Waals surface area contributed by atoms with Gasteiger partial charge < -0.3 is 9.64 Å². The highest BCUT2D eigenvalue weighted by molar-refractivity contribution is 5.76. The number of carbonyl (C=O) groups is 1. The van der Waals surface area contributed by atoms with E-state index in [-0.39, 0.29) is 11.5 Å². The summed E-state index contributed by atoms with van der Waals surface area (Å²) in [7, 11) is 1.80. The molecule has 1 heterocycles. The van der Waals surface area contributed by atoms with Crippen molar-refractivity contribution >= 4 is 5.91 Å². The number of hydrogen-bond donors (Lipinski definition) is 0. The Morgan fingerprint density at radius 3 is 2.76 bits per heavy atom. The summed E-state index contributed by atoms with van der Waals surface area (Å²) in [4.78, 5) is 14.3. The fourth-order valence-corrected chi connectivity index (χ4v) is 3.73. The van der Waals surface area contributed by atoms with Gasteiger partial charge in [-0.25, -0.2) is 0 Å². The molecular formula is C21H30N2O2. The van der Waals surface area contributed by atoms with Crippen LogP contribution in [-0.2, 0) is 16.0 Å². The normalized spacial score (nSPS) is 20.5. The quantitative estimate of drug-likeness (QED) is 0.757. The molecule has 0 aromatic heterocycles. The molecule has 4 nitrogen and oxygen atoms in total. The summed E-state index contributed by atoms with van der Waals surface area (Å²) < 4.78 is 5.87. The van der Waals surface area contributed by atoms with Crippen molar-refractivity contribution in [1.29, 1.82) is 5.26 Å². The molecule has 2 rings (SSSR count). The minimum Gasteiger partial charge on any atom is -0.376 e. The standard InChI is InChI=1S/C21H30N2O2/c1-21(2)16-18(10-13-25-21)19(14-17-8-5-4-6-9-17)15-20(24)23(3)12-7-11-22/h4-6,8-9,18-19H,7,10,12-16H2,1-3H3/t18-,19+/m0/s1. The molecule has 1 amide bonds. The first-order valence-electron chi connectivity index (χ1n) is 9.20. The van der Waals surface area contributed by atoms with E-state index < -0.39 is 0 Å². The minimum atomic E-state index is -0.117. The van der Waals surface area contributed by atoms with E-state index in [1.54, 1.807) is 11.9 Å². The molecule has 0 radical (unpaired) electrons. The van der Waals surface area contributed by atoms with Crippen molar-refractivity contribution in [3.8, 4) is 6.07 Å². The Bertz CT molecular complexity index is 592. The first-order chi connectivity index (χ1) is 11.9. The van der Waals surface area contributed by atoms with Crippen molar-refractivity contribution in [1.82, 2.24) is 4.90 Å². The lowest BCUT2D eigenvalue weighted by Gasteiger charge is -2.39. The molecule has 1 fully saturated rings. The van der Waals surface area contributed by atoms with Gasteiger partial charge in [-0.05, 0) is 50.5 Å². The molecule has 0 N–H and O–H groups in total. The van der Waals surface area contributed by atoms with Crippen LogP contribution in [0.1, 0.15) is 45.1 Å². The summed E-state index contributed by atoms with van der Waals surface area (Å²) in [6.45, 7) is 5.55. The maximum atomic E-state index is 12.6. The van der Waals surface area contributed by atoms with Crippen LogP contribution in [-0.4, -0.2) is 36.6 Å². The maximum absolute atomic E-state index is 12.6. The molecule has 0 bridgehead atoms. The lowest BCUT2D eigenvalue weighted by atomic mass is 9.75. The monoisotopic (exact) mass is 342 g/mol. The summed E-state index contributed by atoms with van der Waals surface area (Å²) in [6, 6.07) is 12.5. The van der Waals surface area contributed by atoms with Gasteiger partial charge in [0, 0.05) is 26.6 Å². The summed E-state index contributed by atoms with van der Waals surface area (Å²) in [6.07, 6.45) is 3.84. The van der Waals surface area contributed by atoms with Crippen molar-refractivity contribution in [2.75, 3.05) is 20.2 Å². The second-order valence-electron chi connectivity index (χ2n) is 7.74. The average Bonchev–Trinajstić information content (AvgIpc) is 2.59. The van der Waals surface area contributed by atoms with Crippen molar-refractivity contribution in [2.24, 2.45) is 11.8 Å². The van der Waals surface area contributed by atoms with E-state index in [1.165, 1.54) is 5.56 Å². The van der Waals surface area contributed by atoms with Gasteiger partial charge in [-0.1, -0.05) is 30.3 Å². The smallest absolute Gasteiger partial charge is 0.222 e. The van der Waals surface area contributed by atoms with E-state index in [0.29, 0.717) is 31.2 Å². The highest BCUT2D eigenvalue weighted by atomic mass is 16.5. The Hall–Kier alpha value is -1.86. The Balaban J connectivity index is 2.08. The predicted octanol–water partition coefficient (Wildman–Crippen LogP) is 3.81. The number of nitriles is 1. The van der Waals surface area contributed by atoms with E-state index in [9.17, 15) is 4.79 Å². The molecule has 136 valence electrons. The van der Waals surface area contributed by atoms with E-state index >= 15 is 0 Å². The molecule has 1 aromatic rings. The van der Waals surface area contributed by atoms with Crippen LogP contribution in [0.4, 0.5) is 0 Å². The van der Waals surface area contributed by atoms with Gasteiger partial charge in [0.1, 0.15) is 0 Å². The Labute approximate surface area is 151 Å². The van der Waals surface area contributed by atoms with Crippen molar-refractivity contribution in [3.05, 3.63) is 35.9 Å². The average molecular weight is 342 g/mol. The molecule has 0 saturated carbocycles. The third-order valence-electron chi connectivity index (χ3n) is 5.16. The zero-order valence-electron chi connectivity index (χ0n) is 15.7. The number of ether oxygens (including phenoxy) is 1. The fraction of sp³-hybridized carbons (Fsp3) is 0.619. The zero-order chi connectivity index (χ0) is 18.3. The molecule has 25 heavy (non-hydrogen) atoms. The molecule has 1 aliphatic rings. The minimum absolute atomic E-state index is 0.117. The third-order valence-corrected chi connectivity index (χ3v) is 5.16. The number of hydrogen-bond acceptors (Lipinski definition) is 3. The van der Waals surface area contributed by atoms with E-state index in [2.05, 4.69) is 44.2 Å². The molecule has 1 aliphatic heterocycles. The highest BCUT2D eigenvalue weighted by Crippen LogP contribution is 2.36. The number of carbonyl (C=O) groups excluding carboxylic acids is 1. The second-order valence-corrected chi connectivity index (χ2v) is 7.74. The lowest BCUT2D eigenvalue weighted by molar-refractivity contribution is -0.133. The van der Waals surface area contributed by atoms with Crippen molar-refractivity contribution < 1.29 is 9.53 Å². The van der Waals surface area contributed by atoms with Crippen LogP contribution in [0, 0.1) is 23.2 Å². The van der Waals surface area contributed by atoms with Gasteiger partial charge in [-0.15, -0.1) is 0 Å². The zero-order valence-corrected chi connectivity index (χ0v) is 15.7. The Kier molecular flexibility index (Phi) is 7.01. The first kappa shape index (κ1) is 19.5. The highest BCUT2D eigenvalue weighted by Gasteiger charge is 2.34. The number of rotatable bonds is 7. The van der Waals surface area contributed by atoms with Gasteiger partial charge in [0.15, 0.2) is 0 Å². The van der Waals surface area contributed by atoms with Gasteiger partial charge in [-0.3, -0.25) is 4.79 Å². The van der Waals surface area contributed by atoms with Crippen LogP contribution in [0.15, 0.2) is 30.3 Å². The number of nitrogens with zero attached hydrogens (tertiary/aromatic N) is 2. The summed E-state index contributed by atoms with van der Waals surface area (Å²) in [5.41, 5.74) is 1.16. The van der Waals surface area contributed by atoms with Gasteiger partial charge in [-0.2, -0.15) is 5.26 Å². The van der Waals surface area contributed by atoms with Crippen LogP contribution in [0.5, 0.6) is 0 Å². The summed E-state index contributed by atoms with van der Waals surface area (Å²) >= 11 is 0. The summed E-state index contributed by atoms with van der Waals surface area (Å²) in [5.74, 6) is 0.931. The van der Waals surface area contributed by atoms with Crippen LogP contribution in [0.25, 0.3) is 0 Å². The van der Waals surface area contributed by atoms with Crippen molar-refractivity contribution in [2.45, 2.75) is 51.6 Å². The number of benzene rings is 1. The lowest BCUT2D eigenvalue weighted by Crippen LogP contribution is -2.39. The Morgan fingerprint density at radius 1 is 1.40 bits per heavy atom. The van der Waals surface area contributed by atoms with Gasteiger partial charge in [0.25, 0.3) is 0 Å². The van der Waals surface area contributed by atoms with Crippen LogP contribution in [0.3, 0.4) is 0 Å². The SMILES string of the molecule is CN(CCC#N)C(=O)C[C@@H](Cc1ccccc1)[C@H]1CCOC(C)(C)C1. The third kappa shape index (κ3) is 6.17. The van der Waals surface area contributed by atoms with E-state index in [1.807, 2.05) is 6.07 Å². The molecular weight excluding hydrogens is 312 g/mol. The van der Waals surface area contributed by atoms with Gasteiger partial charge in [0.2, 0.25) is 5.91 Å². The Morgan fingerprint density at radius 2 is 2.12 bits per heavy atom. The van der Waals surface area contributed by atoms with E-state index in [0.717, 1.165) is 25.9 Å². The molecule has 2 atom stereocenters. The van der Waals surface area contributed by atoms with Crippen LogP contribution in [0.2, 0.25) is 0 Å². The van der Waals surface area contributed by atoms with Crippen LogP contribution >= 0.6 is 0 Å². The molecule has 0 unspecified atom stereocenters. The van der Waals surface area contributed by atoms with Gasteiger partial charge >= 0.3 is 0 Å². The van der Waals surface area contributed by atoms with Crippen LogP contribution < -0.4 is 0 Å². The molecule has 1 aromatic carbocycles. The fourth-order valence-electron chi connectivity index (χ4n) is 3.73. The van der Waals surface area contributed by atoms with Crippen molar-refractivity contribution in [3.63, 3.8) is 0 Å². The largest absolute Gasteiger partial charge is 0.376 e. The topological polar surface area (TPSA) is 53.3 Å². The number of amides is 1. The first-order valence-corrected chi connectivity index (χ1v) is 9.20. The summed E-state index contributed by atoms with van der Waals surface area (Å²) in [5, 5.41) is 8.73. The molecule has 1 saturated heterocycles. The predicted molar refractivity (Wildman–Crippen MR) is 98.9 cm³/mol. The molecule has 4 heteroatoms.